The third-order valence-corrected chi connectivity index (χ3v) is 4.64. The molecule has 17 heavy (non-hydrogen) atoms. The molecule has 1 saturated heterocycles. The molecule has 3 rings (SSSR count). The summed E-state index contributed by atoms with van der Waals surface area (Å²) in [5, 5.41) is 7.70. The van der Waals surface area contributed by atoms with Gasteiger partial charge in [0.25, 0.3) is 0 Å². The topological polar surface area (TPSA) is 51.0 Å². The summed E-state index contributed by atoms with van der Waals surface area (Å²) < 4.78 is 5.45. The Morgan fingerprint density at radius 3 is 3.06 bits per heavy atom. The number of rotatable bonds is 5. The van der Waals surface area contributed by atoms with Crippen LogP contribution < -0.4 is 5.32 Å². The van der Waals surface area contributed by atoms with Crippen LogP contribution >= 0.6 is 11.8 Å². The maximum Gasteiger partial charge on any atom is 0.232 e. The van der Waals surface area contributed by atoms with Crippen LogP contribution in [0.25, 0.3) is 0 Å². The second-order valence-corrected chi connectivity index (χ2v) is 6.04. The van der Waals surface area contributed by atoms with Crippen LogP contribution in [0, 0.1) is 0 Å². The minimum Gasteiger partial charge on any atom is -0.339 e. The molecule has 2 fully saturated rings. The number of thioether (sulfide) groups is 1. The summed E-state index contributed by atoms with van der Waals surface area (Å²) in [6.07, 6.45) is 3.64. The zero-order valence-corrected chi connectivity index (χ0v) is 11.0. The Morgan fingerprint density at radius 1 is 1.41 bits per heavy atom. The first-order valence-electron chi connectivity index (χ1n) is 6.53. The van der Waals surface area contributed by atoms with E-state index < -0.39 is 0 Å². The van der Waals surface area contributed by atoms with E-state index in [0.29, 0.717) is 17.9 Å². The monoisotopic (exact) mass is 253 g/mol. The van der Waals surface area contributed by atoms with Gasteiger partial charge < -0.3 is 9.84 Å². The average Bonchev–Trinajstić information content (AvgIpc) is 2.92. The Labute approximate surface area is 106 Å². The lowest BCUT2D eigenvalue weighted by Crippen LogP contribution is -2.34. The molecule has 0 bridgehead atoms. The van der Waals surface area contributed by atoms with E-state index in [-0.39, 0.29) is 0 Å². The average molecular weight is 253 g/mol. The van der Waals surface area contributed by atoms with Crippen molar-refractivity contribution in [2.75, 3.05) is 18.1 Å². The van der Waals surface area contributed by atoms with Crippen LogP contribution in [-0.4, -0.2) is 34.2 Å². The molecule has 1 N–H and O–H groups in total. The van der Waals surface area contributed by atoms with Gasteiger partial charge in [-0.2, -0.15) is 16.7 Å². The molecule has 0 aromatic carbocycles. The zero-order chi connectivity index (χ0) is 11.7. The Balaban J connectivity index is 1.67. The third-order valence-electron chi connectivity index (χ3n) is 3.45. The van der Waals surface area contributed by atoms with Gasteiger partial charge in [0.05, 0.1) is 5.92 Å². The highest BCUT2D eigenvalue weighted by atomic mass is 32.2. The molecule has 1 aromatic heterocycles. The SMILES string of the molecule is CCCNC1CSCC1c1nc(C2CC2)no1. The Bertz CT molecular complexity index is 378. The Morgan fingerprint density at radius 2 is 2.29 bits per heavy atom. The number of nitrogens with zero attached hydrogens (tertiary/aromatic N) is 2. The van der Waals surface area contributed by atoms with E-state index >= 15 is 0 Å². The molecule has 5 heteroatoms. The summed E-state index contributed by atoms with van der Waals surface area (Å²) in [4.78, 5) is 4.58. The van der Waals surface area contributed by atoms with Crippen molar-refractivity contribution in [3.8, 4) is 0 Å². The van der Waals surface area contributed by atoms with E-state index in [1.54, 1.807) is 0 Å². The smallest absolute Gasteiger partial charge is 0.232 e. The minimum absolute atomic E-state index is 0.409. The highest BCUT2D eigenvalue weighted by Gasteiger charge is 2.35. The van der Waals surface area contributed by atoms with Crippen molar-refractivity contribution < 1.29 is 4.52 Å². The van der Waals surface area contributed by atoms with E-state index in [2.05, 4.69) is 22.4 Å². The van der Waals surface area contributed by atoms with Crippen LogP contribution in [-0.2, 0) is 0 Å². The van der Waals surface area contributed by atoms with Gasteiger partial charge >= 0.3 is 0 Å². The molecule has 0 spiro atoms. The predicted molar refractivity (Wildman–Crippen MR) is 68.4 cm³/mol. The predicted octanol–water partition coefficient (Wildman–Crippen LogP) is 2.15. The van der Waals surface area contributed by atoms with Crippen LogP contribution in [0.2, 0.25) is 0 Å². The maximum atomic E-state index is 5.45. The largest absolute Gasteiger partial charge is 0.339 e. The van der Waals surface area contributed by atoms with Gasteiger partial charge in [-0.3, -0.25) is 0 Å². The number of aromatic nitrogens is 2. The minimum atomic E-state index is 0.409. The number of hydrogen-bond acceptors (Lipinski definition) is 5. The van der Waals surface area contributed by atoms with Gasteiger partial charge in [-0.15, -0.1) is 0 Å². The van der Waals surface area contributed by atoms with Crippen LogP contribution in [0.5, 0.6) is 0 Å². The van der Waals surface area contributed by atoms with Crippen LogP contribution in [0.4, 0.5) is 0 Å². The molecule has 2 unspecified atom stereocenters. The van der Waals surface area contributed by atoms with E-state index in [4.69, 9.17) is 4.52 Å². The summed E-state index contributed by atoms with van der Waals surface area (Å²) in [6.45, 7) is 3.27. The van der Waals surface area contributed by atoms with Gasteiger partial charge in [0.2, 0.25) is 5.89 Å². The summed E-state index contributed by atoms with van der Waals surface area (Å²) in [6, 6.07) is 0.507. The molecule has 2 aliphatic rings. The van der Waals surface area contributed by atoms with Gasteiger partial charge in [-0.25, -0.2) is 0 Å². The standard InChI is InChI=1S/C12H19N3OS/c1-2-5-13-10-7-17-6-9(10)12-14-11(15-16-12)8-3-4-8/h8-10,13H,2-7H2,1H3. The molecular weight excluding hydrogens is 234 g/mol. The number of hydrogen-bond donors (Lipinski definition) is 1. The van der Waals surface area contributed by atoms with E-state index in [9.17, 15) is 0 Å². The molecular formula is C12H19N3OS. The molecule has 1 aromatic rings. The molecule has 1 aliphatic carbocycles. The van der Waals surface area contributed by atoms with Crippen molar-refractivity contribution in [3.63, 3.8) is 0 Å². The third kappa shape index (κ3) is 2.50. The van der Waals surface area contributed by atoms with E-state index in [1.807, 2.05) is 11.8 Å². The quantitative estimate of drug-likeness (QED) is 0.871. The second-order valence-electron chi connectivity index (χ2n) is 4.97. The Kier molecular flexibility index (Phi) is 3.38. The van der Waals surface area contributed by atoms with Crippen molar-refractivity contribution in [1.82, 2.24) is 15.5 Å². The van der Waals surface area contributed by atoms with Crippen molar-refractivity contribution in [2.24, 2.45) is 0 Å². The highest BCUT2D eigenvalue weighted by Crippen LogP contribution is 2.39. The summed E-state index contributed by atoms with van der Waals surface area (Å²) in [5.74, 6) is 5.05. The van der Waals surface area contributed by atoms with E-state index in [1.165, 1.54) is 19.3 Å². The molecule has 2 heterocycles. The fourth-order valence-electron chi connectivity index (χ4n) is 2.23. The first kappa shape index (κ1) is 11.5. The fraction of sp³-hybridized carbons (Fsp3) is 0.833. The summed E-state index contributed by atoms with van der Waals surface area (Å²) in [5.41, 5.74) is 0. The fourth-order valence-corrected chi connectivity index (χ4v) is 3.60. The Hall–Kier alpha value is -0.550. The highest BCUT2D eigenvalue weighted by molar-refractivity contribution is 7.99. The first-order chi connectivity index (χ1) is 8.38. The van der Waals surface area contributed by atoms with Gasteiger partial charge in [0.15, 0.2) is 5.82 Å². The number of nitrogens with one attached hydrogen (secondary N) is 1. The lowest BCUT2D eigenvalue weighted by Gasteiger charge is -2.16. The summed E-state index contributed by atoms with van der Waals surface area (Å²) in [7, 11) is 0. The summed E-state index contributed by atoms with van der Waals surface area (Å²) >= 11 is 1.98. The molecule has 1 saturated carbocycles. The lowest BCUT2D eigenvalue weighted by atomic mass is 10.0. The molecule has 1 aliphatic heterocycles. The van der Waals surface area contributed by atoms with Crippen LogP contribution in [0.15, 0.2) is 4.52 Å². The maximum absolute atomic E-state index is 5.45. The van der Waals surface area contributed by atoms with E-state index in [0.717, 1.165) is 29.8 Å². The van der Waals surface area contributed by atoms with Crippen LogP contribution in [0.3, 0.4) is 0 Å². The first-order valence-corrected chi connectivity index (χ1v) is 7.68. The lowest BCUT2D eigenvalue weighted by molar-refractivity contribution is 0.336. The van der Waals surface area contributed by atoms with Crippen LogP contribution in [0.1, 0.15) is 49.7 Å². The second kappa shape index (κ2) is 4.98. The zero-order valence-electron chi connectivity index (χ0n) is 10.2. The van der Waals surface area contributed by atoms with Gasteiger partial charge in [0, 0.05) is 23.5 Å². The molecule has 0 radical (unpaired) electrons. The molecule has 94 valence electrons. The molecule has 4 nitrogen and oxygen atoms in total. The van der Waals surface area contributed by atoms with Gasteiger partial charge in [-0.1, -0.05) is 12.1 Å². The normalized spacial score (nSPS) is 28.8. The van der Waals surface area contributed by atoms with Crippen molar-refractivity contribution in [2.45, 2.75) is 44.1 Å². The molecule has 2 atom stereocenters. The van der Waals surface area contributed by atoms with Crippen molar-refractivity contribution in [3.05, 3.63) is 11.7 Å². The van der Waals surface area contributed by atoms with Gasteiger partial charge in [0.1, 0.15) is 0 Å². The van der Waals surface area contributed by atoms with Crippen molar-refractivity contribution in [1.29, 1.82) is 0 Å². The van der Waals surface area contributed by atoms with Crippen molar-refractivity contribution >= 4 is 11.8 Å². The van der Waals surface area contributed by atoms with Gasteiger partial charge in [-0.05, 0) is 25.8 Å². The molecule has 0 amide bonds.